The highest BCUT2D eigenvalue weighted by molar-refractivity contribution is 7.98. The molecule has 2 rings (SSSR count). The van der Waals surface area contributed by atoms with E-state index in [9.17, 15) is 0 Å². The number of rotatable bonds is 4. The van der Waals surface area contributed by atoms with E-state index in [1.165, 1.54) is 18.5 Å². The van der Waals surface area contributed by atoms with Gasteiger partial charge >= 0.3 is 0 Å². The lowest BCUT2D eigenvalue weighted by molar-refractivity contribution is 0.579. The summed E-state index contributed by atoms with van der Waals surface area (Å²) >= 11 is 1.88. The zero-order valence-corrected chi connectivity index (χ0v) is 9.39. The van der Waals surface area contributed by atoms with E-state index in [1.807, 2.05) is 24.3 Å². The first-order valence-corrected chi connectivity index (χ1v) is 6.53. The highest BCUT2D eigenvalue weighted by Gasteiger charge is 2.19. The summed E-state index contributed by atoms with van der Waals surface area (Å²) in [5.74, 6) is 1.16. The second kappa shape index (κ2) is 4.84. The Balaban J connectivity index is 2.04. The standard InChI is InChI=1S/C10H17N3S/c1-14-6-5-13-8-11-7-10(13)9-3-2-4-12-9/h7-9,12H,2-6H2,1H3/t9-/m0/s1. The zero-order chi connectivity index (χ0) is 9.80. The van der Waals surface area contributed by atoms with E-state index in [2.05, 4.69) is 21.1 Å². The van der Waals surface area contributed by atoms with Gasteiger partial charge < -0.3 is 9.88 Å². The maximum absolute atomic E-state index is 4.23. The van der Waals surface area contributed by atoms with E-state index in [1.54, 1.807) is 0 Å². The lowest BCUT2D eigenvalue weighted by Gasteiger charge is -2.13. The van der Waals surface area contributed by atoms with E-state index >= 15 is 0 Å². The predicted octanol–water partition coefficient (Wildman–Crippen LogP) is 1.67. The summed E-state index contributed by atoms with van der Waals surface area (Å²) in [6.07, 6.45) is 8.64. The first-order chi connectivity index (χ1) is 6.92. The van der Waals surface area contributed by atoms with Crippen LogP contribution in [0, 0.1) is 0 Å². The normalized spacial score (nSPS) is 21.6. The monoisotopic (exact) mass is 211 g/mol. The van der Waals surface area contributed by atoms with Crippen LogP contribution >= 0.6 is 11.8 Å². The molecule has 1 N–H and O–H groups in total. The number of hydrogen-bond donors (Lipinski definition) is 1. The van der Waals surface area contributed by atoms with E-state index in [4.69, 9.17) is 0 Å². The van der Waals surface area contributed by atoms with Crippen LogP contribution in [-0.4, -0.2) is 28.1 Å². The van der Waals surface area contributed by atoms with Crippen LogP contribution in [0.2, 0.25) is 0 Å². The Morgan fingerprint density at radius 1 is 1.71 bits per heavy atom. The van der Waals surface area contributed by atoms with Crippen molar-refractivity contribution in [1.29, 1.82) is 0 Å². The Kier molecular flexibility index (Phi) is 3.48. The van der Waals surface area contributed by atoms with Gasteiger partial charge in [0.05, 0.1) is 12.0 Å². The van der Waals surface area contributed by atoms with Crippen molar-refractivity contribution in [3.63, 3.8) is 0 Å². The van der Waals surface area contributed by atoms with Crippen molar-refractivity contribution >= 4 is 11.8 Å². The molecule has 0 aromatic carbocycles. The number of nitrogens with one attached hydrogen (secondary N) is 1. The largest absolute Gasteiger partial charge is 0.332 e. The Hall–Kier alpha value is -0.480. The number of hydrogen-bond acceptors (Lipinski definition) is 3. The van der Waals surface area contributed by atoms with Crippen LogP contribution < -0.4 is 5.32 Å². The van der Waals surface area contributed by atoms with Gasteiger partial charge in [0.25, 0.3) is 0 Å². The minimum atomic E-state index is 0.541. The van der Waals surface area contributed by atoms with Gasteiger partial charge in [0, 0.05) is 24.5 Å². The minimum Gasteiger partial charge on any atom is -0.332 e. The Morgan fingerprint density at radius 3 is 3.36 bits per heavy atom. The molecule has 1 fully saturated rings. The molecule has 78 valence electrons. The van der Waals surface area contributed by atoms with Crippen molar-refractivity contribution in [3.05, 3.63) is 18.2 Å². The maximum Gasteiger partial charge on any atom is 0.0948 e. The highest BCUT2D eigenvalue weighted by atomic mass is 32.2. The lowest BCUT2D eigenvalue weighted by atomic mass is 10.2. The molecule has 0 amide bonds. The molecule has 1 saturated heterocycles. The van der Waals surface area contributed by atoms with Gasteiger partial charge in [0.2, 0.25) is 0 Å². The summed E-state index contributed by atoms with van der Waals surface area (Å²) in [5.41, 5.74) is 1.36. The van der Waals surface area contributed by atoms with Crippen molar-refractivity contribution < 1.29 is 0 Å². The van der Waals surface area contributed by atoms with E-state index in [0.717, 1.165) is 18.8 Å². The number of thioether (sulfide) groups is 1. The van der Waals surface area contributed by atoms with Crippen molar-refractivity contribution in [1.82, 2.24) is 14.9 Å². The van der Waals surface area contributed by atoms with Crippen LogP contribution in [0.1, 0.15) is 24.6 Å². The third-order valence-electron chi connectivity index (χ3n) is 2.70. The van der Waals surface area contributed by atoms with Crippen molar-refractivity contribution in [2.24, 2.45) is 0 Å². The van der Waals surface area contributed by atoms with E-state index in [-0.39, 0.29) is 0 Å². The van der Waals surface area contributed by atoms with Gasteiger partial charge in [-0.15, -0.1) is 0 Å². The fourth-order valence-electron chi connectivity index (χ4n) is 1.93. The smallest absolute Gasteiger partial charge is 0.0948 e. The third kappa shape index (κ3) is 2.12. The molecule has 1 aliphatic rings. The number of nitrogens with zero attached hydrogens (tertiary/aromatic N) is 2. The van der Waals surface area contributed by atoms with Crippen LogP contribution in [0.25, 0.3) is 0 Å². The molecule has 0 spiro atoms. The fraction of sp³-hybridized carbons (Fsp3) is 0.700. The molecule has 4 heteroatoms. The van der Waals surface area contributed by atoms with Crippen LogP contribution in [0.15, 0.2) is 12.5 Å². The number of aryl methyl sites for hydroxylation is 1. The van der Waals surface area contributed by atoms with Gasteiger partial charge in [-0.1, -0.05) is 0 Å². The Bertz CT molecular complexity index is 279. The van der Waals surface area contributed by atoms with Crippen LogP contribution in [0.4, 0.5) is 0 Å². The Labute approximate surface area is 89.3 Å². The average Bonchev–Trinajstić information content (AvgIpc) is 2.84. The van der Waals surface area contributed by atoms with Crippen LogP contribution in [-0.2, 0) is 6.54 Å². The number of imidazole rings is 1. The summed E-state index contributed by atoms with van der Waals surface area (Å²) in [7, 11) is 0. The second-order valence-electron chi connectivity index (χ2n) is 3.65. The molecule has 0 radical (unpaired) electrons. The van der Waals surface area contributed by atoms with Gasteiger partial charge in [-0.25, -0.2) is 4.98 Å². The number of aromatic nitrogens is 2. The average molecular weight is 211 g/mol. The third-order valence-corrected chi connectivity index (χ3v) is 3.29. The molecule has 0 unspecified atom stereocenters. The summed E-state index contributed by atoms with van der Waals surface area (Å²) in [6.45, 7) is 2.23. The van der Waals surface area contributed by atoms with Crippen LogP contribution in [0.3, 0.4) is 0 Å². The van der Waals surface area contributed by atoms with Gasteiger partial charge in [0.15, 0.2) is 0 Å². The molecule has 1 aliphatic heterocycles. The SMILES string of the molecule is CSCCn1cncc1[C@@H]1CCCN1. The van der Waals surface area contributed by atoms with Crippen molar-refractivity contribution in [2.75, 3.05) is 18.6 Å². The summed E-state index contributed by atoms with van der Waals surface area (Å²) in [4.78, 5) is 4.23. The summed E-state index contributed by atoms with van der Waals surface area (Å²) < 4.78 is 2.28. The first-order valence-electron chi connectivity index (χ1n) is 5.14. The topological polar surface area (TPSA) is 29.9 Å². The Morgan fingerprint density at radius 2 is 2.64 bits per heavy atom. The molecule has 0 aliphatic carbocycles. The molecule has 3 nitrogen and oxygen atoms in total. The molecule has 2 heterocycles. The van der Waals surface area contributed by atoms with Crippen LogP contribution in [0.5, 0.6) is 0 Å². The molecular weight excluding hydrogens is 194 g/mol. The summed E-state index contributed by atoms with van der Waals surface area (Å²) in [6, 6.07) is 0.541. The van der Waals surface area contributed by atoms with Crippen molar-refractivity contribution in [3.8, 4) is 0 Å². The van der Waals surface area contributed by atoms with Gasteiger partial charge in [0.1, 0.15) is 0 Å². The van der Waals surface area contributed by atoms with Gasteiger partial charge in [-0.3, -0.25) is 0 Å². The van der Waals surface area contributed by atoms with E-state index < -0.39 is 0 Å². The van der Waals surface area contributed by atoms with E-state index in [0.29, 0.717) is 6.04 Å². The molecule has 14 heavy (non-hydrogen) atoms. The van der Waals surface area contributed by atoms with Crippen molar-refractivity contribution in [2.45, 2.75) is 25.4 Å². The molecular formula is C10H17N3S. The maximum atomic E-state index is 4.23. The lowest BCUT2D eigenvalue weighted by Crippen LogP contribution is -2.17. The minimum absolute atomic E-state index is 0.541. The first kappa shape index (κ1) is 10.1. The molecule has 0 bridgehead atoms. The second-order valence-corrected chi connectivity index (χ2v) is 4.64. The quantitative estimate of drug-likeness (QED) is 0.821. The molecule has 1 aromatic rings. The van der Waals surface area contributed by atoms with Gasteiger partial charge in [-0.2, -0.15) is 11.8 Å². The van der Waals surface area contributed by atoms with Gasteiger partial charge in [-0.05, 0) is 25.6 Å². The molecule has 1 aromatic heterocycles. The fourth-order valence-corrected chi connectivity index (χ4v) is 2.31. The molecule has 1 atom stereocenters. The predicted molar refractivity (Wildman–Crippen MR) is 60.6 cm³/mol. The highest BCUT2D eigenvalue weighted by Crippen LogP contribution is 2.22. The molecule has 0 saturated carbocycles. The zero-order valence-electron chi connectivity index (χ0n) is 8.57. The summed E-state index contributed by atoms with van der Waals surface area (Å²) in [5, 5.41) is 3.51.